The zero-order valence-corrected chi connectivity index (χ0v) is 13.2. The molecule has 0 saturated heterocycles. The largest absolute Gasteiger partial charge is 0.185 e. The van der Waals surface area contributed by atoms with Crippen LogP contribution in [0.25, 0.3) is 0 Å². The van der Waals surface area contributed by atoms with E-state index in [4.69, 9.17) is 0 Å². The fraction of sp³-hybridized carbons (Fsp3) is 0.250. The van der Waals surface area contributed by atoms with Crippen LogP contribution in [0.3, 0.4) is 0 Å². The molecule has 0 fully saturated rings. The molecular formula is C16H22S2. The molecular weight excluding hydrogens is 256 g/mol. The fourth-order valence-corrected chi connectivity index (χ4v) is 8.12. The molecule has 98 valence electrons. The maximum absolute atomic E-state index is 2.45. The first-order valence-corrected chi connectivity index (χ1v) is 11.4. The molecule has 0 aromatic heterocycles. The predicted molar refractivity (Wildman–Crippen MR) is 88.3 cm³/mol. The quantitative estimate of drug-likeness (QED) is 0.681. The molecule has 18 heavy (non-hydrogen) atoms. The molecule has 0 nitrogen and oxygen atoms in total. The summed E-state index contributed by atoms with van der Waals surface area (Å²) >= 11 is 0. The summed E-state index contributed by atoms with van der Waals surface area (Å²) in [6.45, 7) is 0. The zero-order chi connectivity index (χ0) is 13.2. The minimum Gasteiger partial charge on any atom is -0.185 e. The van der Waals surface area contributed by atoms with Crippen molar-refractivity contribution in [2.75, 3.05) is 25.0 Å². The Morgan fingerprint density at radius 1 is 0.500 bits per heavy atom. The molecule has 0 aliphatic heterocycles. The smallest absolute Gasteiger partial charge is 0.00269 e. The van der Waals surface area contributed by atoms with Gasteiger partial charge in [-0.3, -0.25) is 0 Å². The fourth-order valence-electron chi connectivity index (χ4n) is 1.98. The lowest BCUT2D eigenvalue weighted by Crippen LogP contribution is -2.07. The van der Waals surface area contributed by atoms with Crippen molar-refractivity contribution in [2.45, 2.75) is 9.79 Å². The zero-order valence-electron chi connectivity index (χ0n) is 11.6. The molecule has 0 saturated carbocycles. The lowest BCUT2D eigenvalue weighted by atomic mass is 10.4. The molecule has 0 unspecified atom stereocenters. The van der Waals surface area contributed by atoms with Gasteiger partial charge in [-0.05, 0) is 59.1 Å². The van der Waals surface area contributed by atoms with E-state index in [1.54, 1.807) is 0 Å². The molecule has 0 spiro atoms. The van der Waals surface area contributed by atoms with Crippen LogP contribution in [0.5, 0.6) is 0 Å². The van der Waals surface area contributed by atoms with Gasteiger partial charge in [-0.1, -0.05) is 36.4 Å². The molecule has 0 bridgehead atoms. The first-order valence-electron chi connectivity index (χ1n) is 6.03. The Morgan fingerprint density at radius 2 is 0.778 bits per heavy atom. The van der Waals surface area contributed by atoms with Crippen LogP contribution < -0.4 is 0 Å². The second kappa shape index (κ2) is 5.02. The lowest BCUT2D eigenvalue weighted by Gasteiger charge is -2.52. The van der Waals surface area contributed by atoms with E-state index in [1.807, 2.05) is 0 Å². The van der Waals surface area contributed by atoms with Crippen molar-refractivity contribution in [1.29, 1.82) is 0 Å². The first kappa shape index (κ1) is 13.6. The van der Waals surface area contributed by atoms with E-state index in [2.05, 4.69) is 85.7 Å². The molecule has 0 radical (unpaired) electrons. The van der Waals surface area contributed by atoms with Crippen molar-refractivity contribution < 1.29 is 0 Å². The van der Waals surface area contributed by atoms with Gasteiger partial charge in [0.25, 0.3) is 0 Å². The predicted octanol–water partition coefficient (Wildman–Crippen LogP) is 5.15. The van der Waals surface area contributed by atoms with Gasteiger partial charge in [-0.15, -0.1) is 0 Å². The van der Waals surface area contributed by atoms with E-state index >= 15 is 0 Å². The molecule has 0 aliphatic carbocycles. The van der Waals surface area contributed by atoms with Crippen LogP contribution in [0.4, 0.5) is 0 Å². The summed E-state index contributed by atoms with van der Waals surface area (Å²) in [5, 5.41) is 0. The highest BCUT2D eigenvalue weighted by Crippen LogP contribution is 2.81. The normalized spacial score (nSPS) is 14.2. The van der Waals surface area contributed by atoms with Crippen LogP contribution in [-0.2, 0) is 0 Å². The van der Waals surface area contributed by atoms with E-state index in [-0.39, 0.29) is 0 Å². The Balaban J connectivity index is 2.47. The van der Waals surface area contributed by atoms with Gasteiger partial charge in [0, 0.05) is 0 Å². The van der Waals surface area contributed by atoms with E-state index < -0.39 is 18.1 Å². The van der Waals surface area contributed by atoms with Gasteiger partial charge in [-0.25, -0.2) is 0 Å². The van der Waals surface area contributed by atoms with Gasteiger partial charge in [-0.2, -0.15) is 18.1 Å². The minimum absolute atomic E-state index is 0.808. The molecule has 0 aliphatic rings. The highest BCUT2D eigenvalue weighted by Gasteiger charge is 2.30. The molecule has 2 heteroatoms. The number of hydrogen-bond acceptors (Lipinski definition) is 0. The molecule has 0 heterocycles. The Labute approximate surface area is 113 Å². The Morgan fingerprint density at radius 3 is 1.06 bits per heavy atom. The molecule has 2 aromatic rings. The highest BCUT2D eigenvalue weighted by molar-refractivity contribution is 9.07. The van der Waals surface area contributed by atoms with Gasteiger partial charge < -0.3 is 0 Å². The van der Waals surface area contributed by atoms with Crippen molar-refractivity contribution in [1.82, 2.24) is 0 Å². The van der Waals surface area contributed by atoms with Crippen molar-refractivity contribution in [2.24, 2.45) is 0 Å². The monoisotopic (exact) mass is 278 g/mol. The highest BCUT2D eigenvalue weighted by atomic mass is 33.2. The topological polar surface area (TPSA) is 0 Å². The Bertz CT molecular complexity index is 452. The molecule has 2 rings (SSSR count). The van der Waals surface area contributed by atoms with Crippen LogP contribution in [0, 0.1) is 0 Å². The second-order valence-electron chi connectivity index (χ2n) is 5.09. The molecule has 0 amide bonds. The van der Waals surface area contributed by atoms with Crippen LogP contribution in [0.1, 0.15) is 0 Å². The second-order valence-corrected chi connectivity index (χ2v) is 16.0. The summed E-state index contributed by atoms with van der Waals surface area (Å²) < 4.78 is 0. The van der Waals surface area contributed by atoms with E-state index in [0.29, 0.717) is 0 Å². The summed E-state index contributed by atoms with van der Waals surface area (Å²) in [5.41, 5.74) is 0. The maximum atomic E-state index is 2.45. The summed E-state index contributed by atoms with van der Waals surface area (Å²) in [6.07, 6.45) is 9.80. The standard InChI is InChI=1S/C16H22S2/c1-17(2,15-11-7-5-8-12-15)18(3,4)16-13-9-6-10-14-16/h5-14H,1-4H3. The van der Waals surface area contributed by atoms with Crippen LogP contribution in [0.2, 0.25) is 0 Å². The Kier molecular flexibility index (Phi) is 3.79. The molecule has 0 N–H and O–H groups in total. The minimum atomic E-state index is -0.808. The van der Waals surface area contributed by atoms with Crippen molar-refractivity contribution in [3.8, 4) is 0 Å². The van der Waals surface area contributed by atoms with Gasteiger partial charge in [0.2, 0.25) is 0 Å². The summed E-state index contributed by atoms with van der Waals surface area (Å²) in [5.74, 6) is 0. The molecule has 0 atom stereocenters. The third-order valence-electron chi connectivity index (χ3n) is 3.66. The van der Waals surface area contributed by atoms with Crippen LogP contribution >= 0.6 is 18.1 Å². The summed E-state index contributed by atoms with van der Waals surface area (Å²) in [4.78, 5) is 3.02. The maximum Gasteiger partial charge on any atom is -0.00269 e. The SMILES string of the molecule is CS(C)(c1ccccc1)S(C)(C)c1ccccc1. The summed E-state index contributed by atoms with van der Waals surface area (Å²) in [6, 6.07) is 22.0. The third kappa shape index (κ3) is 2.32. The number of benzene rings is 2. The third-order valence-corrected chi connectivity index (χ3v) is 16.0. The molecule has 2 aromatic carbocycles. The average Bonchev–Trinajstić information content (AvgIpc) is 2.40. The van der Waals surface area contributed by atoms with Crippen molar-refractivity contribution in [3.05, 3.63) is 60.7 Å². The Hall–Kier alpha value is -0.860. The first-order chi connectivity index (χ1) is 8.46. The van der Waals surface area contributed by atoms with Gasteiger partial charge in [0.05, 0.1) is 0 Å². The van der Waals surface area contributed by atoms with E-state index in [0.717, 1.165) is 0 Å². The van der Waals surface area contributed by atoms with Crippen molar-refractivity contribution >= 4 is 18.1 Å². The number of rotatable bonds is 3. The van der Waals surface area contributed by atoms with E-state index in [1.165, 1.54) is 9.79 Å². The average molecular weight is 278 g/mol. The van der Waals surface area contributed by atoms with Gasteiger partial charge in [0.1, 0.15) is 0 Å². The summed E-state index contributed by atoms with van der Waals surface area (Å²) in [7, 11) is -1.62. The lowest BCUT2D eigenvalue weighted by molar-refractivity contribution is 1.43. The van der Waals surface area contributed by atoms with E-state index in [9.17, 15) is 0 Å². The van der Waals surface area contributed by atoms with Crippen LogP contribution in [0.15, 0.2) is 70.5 Å². The van der Waals surface area contributed by atoms with Gasteiger partial charge in [0.15, 0.2) is 0 Å². The van der Waals surface area contributed by atoms with Crippen LogP contribution in [-0.4, -0.2) is 25.0 Å². The van der Waals surface area contributed by atoms with Gasteiger partial charge >= 0.3 is 0 Å². The van der Waals surface area contributed by atoms with Crippen molar-refractivity contribution in [3.63, 3.8) is 0 Å². The number of hydrogen-bond donors (Lipinski definition) is 0.